The summed E-state index contributed by atoms with van der Waals surface area (Å²) in [6.07, 6.45) is 0. The molecule has 0 unspecified atom stereocenters. The van der Waals surface area contributed by atoms with Gasteiger partial charge in [-0.2, -0.15) is 8.75 Å². The number of aromatic nitrogens is 2. The molecule has 15 heavy (non-hydrogen) atoms. The molecule has 1 aromatic heterocycles. The van der Waals surface area contributed by atoms with Gasteiger partial charge in [-0.3, -0.25) is 4.79 Å². The molecule has 0 amide bonds. The van der Waals surface area contributed by atoms with Crippen molar-refractivity contribution >= 4 is 34.8 Å². The summed E-state index contributed by atoms with van der Waals surface area (Å²) >= 11 is 6.48. The van der Waals surface area contributed by atoms with E-state index in [4.69, 9.17) is 11.6 Å². The Morgan fingerprint density at radius 1 is 1.20 bits per heavy atom. The van der Waals surface area contributed by atoms with Gasteiger partial charge in [-0.1, -0.05) is 29.8 Å². The van der Waals surface area contributed by atoms with E-state index in [1.54, 1.807) is 0 Å². The van der Waals surface area contributed by atoms with E-state index in [1.807, 2.05) is 30.3 Å². The Balaban J connectivity index is 2.33. The van der Waals surface area contributed by atoms with Gasteiger partial charge in [0.15, 0.2) is 11.0 Å². The van der Waals surface area contributed by atoms with Gasteiger partial charge in [-0.25, -0.2) is 0 Å². The molecule has 0 fully saturated rings. The highest BCUT2D eigenvalue weighted by atomic mass is 35.5. The number of nitrogens with one attached hydrogen (secondary N) is 1. The number of benzene rings is 1. The molecule has 2 aromatic rings. The van der Waals surface area contributed by atoms with Crippen molar-refractivity contribution in [1.82, 2.24) is 8.75 Å². The number of nitrogens with zero attached hydrogens (tertiary/aromatic N) is 2. The largest absolute Gasteiger partial charge is 0.336 e. The van der Waals surface area contributed by atoms with E-state index >= 15 is 0 Å². The van der Waals surface area contributed by atoms with Crippen molar-refractivity contribution in [1.29, 1.82) is 0 Å². The molecule has 2 rings (SSSR count). The van der Waals surface area contributed by atoms with Gasteiger partial charge in [-0.05, 0) is 12.1 Å². The summed E-state index contributed by atoms with van der Waals surface area (Å²) in [6, 6.07) is 9.27. The van der Waals surface area contributed by atoms with Crippen LogP contribution in [0, 0.1) is 0 Å². The van der Waals surface area contributed by atoms with Crippen molar-refractivity contribution in [3.05, 3.63) is 45.7 Å². The van der Waals surface area contributed by atoms with Crippen LogP contribution in [-0.2, 0) is 0 Å². The van der Waals surface area contributed by atoms with E-state index in [0.717, 1.165) is 17.4 Å². The van der Waals surface area contributed by atoms with E-state index < -0.39 is 0 Å². The molecule has 76 valence electrons. The van der Waals surface area contributed by atoms with Crippen molar-refractivity contribution < 1.29 is 0 Å². The van der Waals surface area contributed by atoms with Gasteiger partial charge < -0.3 is 5.32 Å². The molecule has 0 saturated carbocycles. The summed E-state index contributed by atoms with van der Waals surface area (Å²) in [7, 11) is 0. The van der Waals surface area contributed by atoms with Gasteiger partial charge >= 0.3 is 0 Å². The van der Waals surface area contributed by atoms with Crippen molar-refractivity contribution in [2.24, 2.45) is 0 Å². The van der Waals surface area contributed by atoms with Crippen LogP contribution in [0.4, 0.5) is 11.5 Å². The van der Waals surface area contributed by atoms with Crippen LogP contribution in [0.2, 0.25) is 5.15 Å². The van der Waals surface area contributed by atoms with Crippen LogP contribution >= 0.6 is 23.3 Å². The van der Waals surface area contributed by atoms with Gasteiger partial charge in [0.05, 0.1) is 11.7 Å². The summed E-state index contributed by atoms with van der Waals surface area (Å²) in [5.74, 6) is 0.200. The number of halogens is 1. The topological polar surface area (TPSA) is 54.9 Å². The van der Waals surface area contributed by atoms with E-state index in [2.05, 4.69) is 14.1 Å². The monoisotopic (exact) mass is 239 g/mol. The van der Waals surface area contributed by atoms with Crippen LogP contribution < -0.4 is 10.7 Å². The first-order valence-corrected chi connectivity index (χ1v) is 5.22. The molecular weight excluding hydrogens is 234 g/mol. The van der Waals surface area contributed by atoms with Gasteiger partial charge in [0.25, 0.3) is 5.43 Å². The smallest absolute Gasteiger partial charge is 0.260 e. The van der Waals surface area contributed by atoms with E-state index in [1.165, 1.54) is 0 Å². The quantitative estimate of drug-likeness (QED) is 0.874. The van der Waals surface area contributed by atoms with Gasteiger partial charge in [0.1, 0.15) is 0 Å². The molecule has 1 N–H and O–H groups in total. The first-order chi connectivity index (χ1) is 7.27. The molecule has 0 aliphatic carbocycles. The fourth-order valence-electron chi connectivity index (χ4n) is 1.02. The van der Waals surface area contributed by atoms with Crippen LogP contribution in [0.5, 0.6) is 0 Å². The highest BCUT2D eigenvalue weighted by Crippen LogP contribution is 2.11. The summed E-state index contributed by atoms with van der Waals surface area (Å²) in [5.41, 5.74) is 0.399. The predicted octanol–water partition coefficient (Wildman–Crippen LogP) is 2.30. The fraction of sp³-hybridized carbons (Fsp3) is 0. The van der Waals surface area contributed by atoms with Crippen molar-refractivity contribution in [2.75, 3.05) is 5.32 Å². The lowest BCUT2D eigenvalue weighted by Gasteiger charge is -2.02. The normalized spacial score (nSPS) is 9.93. The Labute approximate surface area is 94.9 Å². The summed E-state index contributed by atoms with van der Waals surface area (Å²) in [6.45, 7) is 0. The third-order valence-electron chi connectivity index (χ3n) is 1.69. The zero-order chi connectivity index (χ0) is 10.7. The Morgan fingerprint density at radius 2 is 1.93 bits per heavy atom. The zero-order valence-corrected chi connectivity index (χ0v) is 9.05. The van der Waals surface area contributed by atoms with Crippen molar-refractivity contribution in [3.8, 4) is 0 Å². The third kappa shape index (κ3) is 2.31. The average Bonchev–Trinajstić information content (AvgIpc) is 2.26. The van der Waals surface area contributed by atoms with Gasteiger partial charge in [0.2, 0.25) is 0 Å². The summed E-state index contributed by atoms with van der Waals surface area (Å²) in [4.78, 5) is 11.5. The lowest BCUT2D eigenvalue weighted by Crippen LogP contribution is -2.10. The number of hydrogen-bond donors (Lipinski definition) is 1. The summed E-state index contributed by atoms with van der Waals surface area (Å²) < 4.78 is 7.48. The number of rotatable bonds is 2. The molecule has 0 aliphatic heterocycles. The lowest BCUT2D eigenvalue weighted by atomic mass is 10.3. The second kappa shape index (κ2) is 4.37. The minimum Gasteiger partial charge on any atom is -0.336 e. The Kier molecular flexibility index (Phi) is 2.94. The molecule has 0 radical (unpaired) electrons. The maximum atomic E-state index is 11.5. The first-order valence-electron chi connectivity index (χ1n) is 4.12. The van der Waals surface area contributed by atoms with Crippen LogP contribution in [0.15, 0.2) is 35.1 Å². The van der Waals surface area contributed by atoms with Gasteiger partial charge in [-0.15, -0.1) is 0 Å². The molecule has 0 aliphatic rings. The molecule has 4 nitrogen and oxygen atoms in total. The highest BCUT2D eigenvalue weighted by molar-refractivity contribution is 6.99. The fourth-order valence-corrected chi connectivity index (χ4v) is 1.60. The molecule has 6 heteroatoms. The third-order valence-corrected chi connectivity index (χ3v) is 2.58. The van der Waals surface area contributed by atoms with Crippen molar-refractivity contribution in [3.63, 3.8) is 0 Å². The molecule has 1 aromatic carbocycles. The maximum absolute atomic E-state index is 11.5. The minimum absolute atomic E-state index is 0.0616. The average molecular weight is 240 g/mol. The van der Waals surface area contributed by atoms with E-state index in [-0.39, 0.29) is 16.4 Å². The number of anilines is 2. The Hall–Kier alpha value is -1.46. The zero-order valence-electron chi connectivity index (χ0n) is 7.48. The standard InChI is InChI=1S/C9H6ClN3OS/c10-8-7(14)9(13-15-12-8)11-6-4-2-1-3-5-6/h1-5H,(H,11,13). The predicted molar refractivity (Wildman–Crippen MR) is 60.9 cm³/mol. The second-order valence-electron chi connectivity index (χ2n) is 2.72. The minimum atomic E-state index is -0.390. The molecule has 0 atom stereocenters. The Morgan fingerprint density at radius 3 is 2.67 bits per heavy atom. The van der Waals surface area contributed by atoms with E-state index in [0.29, 0.717) is 0 Å². The Bertz CT molecular complexity index is 514. The van der Waals surface area contributed by atoms with Crippen LogP contribution in [0.1, 0.15) is 0 Å². The second-order valence-corrected chi connectivity index (χ2v) is 3.61. The van der Waals surface area contributed by atoms with Crippen LogP contribution in [0.25, 0.3) is 0 Å². The lowest BCUT2D eigenvalue weighted by molar-refractivity contribution is 1.33. The SMILES string of the molecule is O=c1c(Cl)nsnc1Nc1ccccc1. The summed E-state index contributed by atoms with van der Waals surface area (Å²) in [5, 5.41) is 2.81. The number of para-hydroxylation sites is 1. The molecule has 0 bridgehead atoms. The number of hydrogen-bond acceptors (Lipinski definition) is 5. The van der Waals surface area contributed by atoms with Crippen molar-refractivity contribution in [2.45, 2.75) is 0 Å². The van der Waals surface area contributed by atoms with Crippen LogP contribution in [0.3, 0.4) is 0 Å². The first kappa shape index (κ1) is 10.1. The van der Waals surface area contributed by atoms with Crippen LogP contribution in [-0.4, -0.2) is 8.75 Å². The molecule has 1 heterocycles. The molecule has 0 saturated heterocycles. The maximum Gasteiger partial charge on any atom is 0.260 e. The van der Waals surface area contributed by atoms with E-state index in [9.17, 15) is 4.79 Å². The van der Waals surface area contributed by atoms with Gasteiger partial charge in [0, 0.05) is 5.69 Å². The molecular formula is C9H6ClN3OS. The highest BCUT2D eigenvalue weighted by Gasteiger charge is 2.06. The molecule has 0 spiro atoms.